The second kappa shape index (κ2) is 17.8. The molecule has 0 bridgehead atoms. The van der Waals surface area contributed by atoms with E-state index < -0.39 is 11.2 Å². The molecule has 0 aromatic heterocycles. The number of ether oxygens (including phenoxy) is 3. The maximum Gasteiger partial charge on any atom is 0.119 e. The Balaban J connectivity index is 1.54. The molecule has 3 heteroatoms. The summed E-state index contributed by atoms with van der Waals surface area (Å²) >= 11 is 0. The molecule has 45 heavy (non-hydrogen) atoms. The summed E-state index contributed by atoms with van der Waals surface area (Å²) in [6, 6.07) is 37.9. The van der Waals surface area contributed by atoms with Crippen LogP contribution in [-0.4, -0.2) is 0 Å². The zero-order valence-corrected chi connectivity index (χ0v) is 28.1. The molecule has 0 heterocycles. The van der Waals surface area contributed by atoms with Crippen LogP contribution in [0.5, 0.6) is 11.5 Å². The van der Waals surface area contributed by atoms with E-state index in [2.05, 4.69) is 100 Å². The fraction of sp³-hybridized carbons (Fsp3) is 0.429. The highest BCUT2D eigenvalue weighted by Gasteiger charge is 2.38. The van der Waals surface area contributed by atoms with Crippen molar-refractivity contribution in [2.75, 3.05) is 0 Å². The maximum absolute atomic E-state index is 7.41. The molecule has 0 amide bonds. The summed E-state index contributed by atoms with van der Waals surface area (Å²) in [5.41, 5.74) is 3.87. The molecule has 0 fully saturated rings. The van der Waals surface area contributed by atoms with Gasteiger partial charge in [-0.3, -0.25) is 0 Å². The SMILES string of the molecule is CCCCCCC(C)(OC(C)(CCCCCC)c1ccc(OCc2ccccc2)cc1)c1ccc(OCc2ccccc2)cc1. The molecule has 0 aliphatic carbocycles. The second-order valence-corrected chi connectivity index (χ2v) is 12.8. The molecule has 2 unspecified atom stereocenters. The third-order valence-electron chi connectivity index (χ3n) is 8.89. The van der Waals surface area contributed by atoms with Gasteiger partial charge in [0.25, 0.3) is 0 Å². The van der Waals surface area contributed by atoms with Crippen molar-refractivity contribution in [3.63, 3.8) is 0 Å². The van der Waals surface area contributed by atoms with E-state index in [1.165, 1.54) is 60.8 Å². The zero-order valence-electron chi connectivity index (χ0n) is 28.1. The largest absolute Gasteiger partial charge is 0.489 e. The molecule has 4 aromatic rings. The lowest BCUT2D eigenvalue weighted by Crippen LogP contribution is -2.38. The first kappa shape index (κ1) is 34.3. The highest BCUT2D eigenvalue weighted by molar-refractivity contribution is 5.34. The molecule has 3 nitrogen and oxygen atoms in total. The maximum atomic E-state index is 7.41. The fourth-order valence-corrected chi connectivity index (χ4v) is 6.07. The van der Waals surface area contributed by atoms with E-state index in [1.807, 2.05) is 36.4 Å². The number of hydrogen-bond donors (Lipinski definition) is 0. The summed E-state index contributed by atoms with van der Waals surface area (Å²) in [6.45, 7) is 10.2. The molecule has 4 rings (SSSR count). The molecule has 4 aromatic carbocycles. The molecular weight excluding hydrogens is 552 g/mol. The van der Waals surface area contributed by atoms with Crippen LogP contribution in [0.1, 0.15) is 114 Å². The van der Waals surface area contributed by atoms with Crippen LogP contribution in [0.2, 0.25) is 0 Å². The van der Waals surface area contributed by atoms with Crippen molar-refractivity contribution in [3.05, 3.63) is 131 Å². The van der Waals surface area contributed by atoms with Gasteiger partial charge in [0.05, 0.1) is 11.2 Å². The van der Waals surface area contributed by atoms with Crippen LogP contribution in [0.25, 0.3) is 0 Å². The van der Waals surface area contributed by atoms with E-state index in [0.29, 0.717) is 13.2 Å². The second-order valence-electron chi connectivity index (χ2n) is 12.8. The van der Waals surface area contributed by atoms with Crippen LogP contribution in [0.15, 0.2) is 109 Å². The van der Waals surface area contributed by atoms with Gasteiger partial charge in [-0.25, -0.2) is 0 Å². The zero-order chi connectivity index (χ0) is 31.8. The molecule has 0 aliphatic rings. The van der Waals surface area contributed by atoms with Crippen LogP contribution in [0.4, 0.5) is 0 Å². The minimum absolute atomic E-state index is 0.437. The quantitative estimate of drug-likeness (QED) is 0.0937. The van der Waals surface area contributed by atoms with E-state index in [0.717, 1.165) is 37.2 Å². The minimum atomic E-state index is -0.437. The summed E-state index contributed by atoms with van der Waals surface area (Å²) in [6.07, 6.45) is 11.6. The Hall–Kier alpha value is -3.56. The van der Waals surface area contributed by atoms with E-state index in [4.69, 9.17) is 14.2 Å². The standard InChI is InChI=1S/C42H54O3/c1-5-7-9-17-31-41(3,37-23-27-39(28-24-37)43-33-35-19-13-11-14-20-35)45-42(4,32-18-10-8-6-2)38-25-29-40(30-26-38)44-34-36-21-15-12-16-22-36/h11-16,19-30H,5-10,17-18,31-34H2,1-4H3. The van der Waals surface area contributed by atoms with Gasteiger partial charge in [0.15, 0.2) is 0 Å². The van der Waals surface area contributed by atoms with Crippen molar-refractivity contribution in [1.29, 1.82) is 0 Å². The molecule has 0 spiro atoms. The van der Waals surface area contributed by atoms with Crippen molar-refractivity contribution in [2.24, 2.45) is 0 Å². The van der Waals surface area contributed by atoms with E-state index in [1.54, 1.807) is 0 Å². The van der Waals surface area contributed by atoms with E-state index in [9.17, 15) is 0 Å². The number of rotatable bonds is 20. The lowest BCUT2D eigenvalue weighted by atomic mass is 9.84. The average molecular weight is 607 g/mol. The third kappa shape index (κ3) is 10.8. The minimum Gasteiger partial charge on any atom is -0.489 e. The highest BCUT2D eigenvalue weighted by atomic mass is 16.5. The first-order valence-corrected chi connectivity index (χ1v) is 17.2. The third-order valence-corrected chi connectivity index (χ3v) is 8.89. The summed E-state index contributed by atoms with van der Waals surface area (Å²) in [5, 5.41) is 0. The van der Waals surface area contributed by atoms with Gasteiger partial charge in [0, 0.05) is 0 Å². The van der Waals surface area contributed by atoms with E-state index >= 15 is 0 Å². The first-order valence-electron chi connectivity index (χ1n) is 17.2. The normalized spacial score (nSPS) is 14.0. The molecule has 240 valence electrons. The molecular formula is C42H54O3. The highest BCUT2D eigenvalue weighted by Crippen LogP contribution is 2.43. The van der Waals surface area contributed by atoms with Crippen molar-refractivity contribution in [1.82, 2.24) is 0 Å². The smallest absolute Gasteiger partial charge is 0.119 e. The van der Waals surface area contributed by atoms with Crippen LogP contribution < -0.4 is 9.47 Å². The van der Waals surface area contributed by atoms with Gasteiger partial charge in [0.1, 0.15) is 24.7 Å². The van der Waals surface area contributed by atoms with Crippen molar-refractivity contribution in [3.8, 4) is 11.5 Å². The number of hydrogen-bond acceptors (Lipinski definition) is 3. The Morgan fingerprint density at radius 3 is 1.18 bits per heavy atom. The molecule has 0 radical (unpaired) electrons. The van der Waals surface area contributed by atoms with Crippen molar-refractivity contribution in [2.45, 2.75) is 116 Å². The van der Waals surface area contributed by atoms with Crippen LogP contribution in [0, 0.1) is 0 Å². The Morgan fingerprint density at radius 1 is 0.444 bits per heavy atom. The molecule has 0 aliphatic heterocycles. The average Bonchev–Trinajstić information content (AvgIpc) is 3.08. The predicted octanol–water partition coefficient (Wildman–Crippen LogP) is 11.9. The van der Waals surface area contributed by atoms with Crippen LogP contribution in [-0.2, 0) is 29.2 Å². The van der Waals surface area contributed by atoms with Gasteiger partial charge in [-0.1, -0.05) is 150 Å². The molecule has 0 N–H and O–H groups in total. The Kier molecular flexibility index (Phi) is 13.6. The molecule has 0 saturated carbocycles. The van der Waals surface area contributed by atoms with Crippen molar-refractivity contribution < 1.29 is 14.2 Å². The van der Waals surface area contributed by atoms with Crippen LogP contribution in [0.3, 0.4) is 0 Å². The predicted molar refractivity (Wildman–Crippen MR) is 188 cm³/mol. The Morgan fingerprint density at radius 2 is 0.822 bits per heavy atom. The topological polar surface area (TPSA) is 27.7 Å². The van der Waals surface area contributed by atoms with E-state index in [-0.39, 0.29) is 0 Å². The Labute approximate surface area is 273 Å². The number of unbranched alkanes of at least 4 members (excludes halogenated alkanes) is 6. The summed E-state index contributed by atoms with van der Waals surface area (Å²) < 4.78 is 19.7. The van der Waals surface area contributed by atoms with Crippen LogP contribution >= 0.6 is 0 Å². The lowest BCUT2D eigenvalue weighted by Gasteiger charge is -2.42. The van der Waals surface area contributed by atoms with Gasteiger partial charge in [-0.05, 0) is 73.2 Å². The van der Waals surface area contributed by atoms with Gasteiger partial charge in [0.2, 0.25) is 0 Å². The summed E-state index contributed by atoms with van der Waals surface area (Å²) in [7, 11) is 0. The van der Waals surface area contributed by atoms with Gasteiger partial charge >= 0.3 is 0 Å². The molecule has 2 atom stereocenters. The molecule has 0 saturated heterocycles. The monoisotopic (exact) mass is 606 g/mol. The first-order chi connectivity index (χ1) is 21.9. The summed E-state index contributed by atoms with van der Waals surface area (Å²) in [5.74, 6) is 1.76. The summed E-state index contributed by atoms with van der Waals surface area (Å²) in [4.78, 5) is 0. The van der Waals surface area contributed by atoms with Gasteiger partial charge in [-0.15, -0.1) is 0 Å². The van der Waals surface area contributed by atoms with Gasteiger partial charge < -0.3 is 14.2 Å². The van der Waals surface area contributed by atoms with Gasteiger partial charge in [-0.2, -0.15) is 0 Å². The number of benzene rings is 4. The van der Waals surface area contributed by atoms with Crippen molar-refractivity contribution >= 4 is 0 Å². The Bertz CT molecular complexity index is 1240. The lowest BCUT2D eigenvalue weighted by molar-refractivity contribution is -0.160. The fourth-order valence-electron chi connectivity index (χ4n) is 6.07.